The van der Waals surface area contributed by atoms with Crippen LogP contribution in [0, 0.1) is 5.41 Å². The number of hydrogen-bond donors (Lipinski definition) is 1. The number of likely N-dealkylation sites (tertiary alicyclic amines) is 1. The molecule has 2 aliphatic heterocycles. The number of likely N-dealkylation sites (N-methyl/N-ethyl adjacent to an activating group) is 2. The second kappa shape index (κ2) is 6.33. The molecule has 1 N–H and O–H groups in total. The van der Waals surface area contributed by atoms with E-state index in [2.05, 4.69) is 23.9 Å². The van der Waals surface area contributed by atoms with Crippen molar-refractivity contribution in [3.05, 3.63) is 0 Å². The highest BCUT2D eigenvalue weighted by molar-refractivity contribution is 4.86. The Kier molecular flexibility index (Phi) is 5.01. The van der Waals surface area contributed by atoms with Crippen molar-refractivity contribution >= 4 is 0 Å². The monoisotopic (exact) mass is 256 g/mol. The number of rotatable bonds is 5. The highest BCUT2D eigenvalue weighted by Crippen LogP contribution is 2.31. The Balaban J connectivity index is 1.83. The summed E-state index contributed by atoms with van der Waals surface area (Å²) in [7, 11) is 4.42. The topological polar surface area (TPSA) is 35.9 Å². The molecule has 0 aromatic carbocycles. The molecule has 4 heteroatoms. The molecule has 18 heavy (non-hydrogen) atoms. The van der Waals surface area contributed by atoms with Crippen molar-refractivity contribution in [1.29, 1.82) is 0 Å². The fourth-order valence-electron chi connectivity index (χ4n) is 3.38. The average molecular weight is 256 g/mol. The Morgan fingerprint density at radius 1 is 1.39 bits per heavy atom. The molecule has 2 heterocycles. The van der Waals surface area contributed by atoms with Gasteiger partial charge < -0.3 is 19.6 Å². The van der Waals surface area contributed by atoms with E-state index in [0.29, 0.717) is 12.6 Å². The van der Waals surface area contributed by atoms with Gasteiger partial charge in [-0.05, 0) is 46.3 Å². The van der Waals surface area contributed by atoms with Gasteiger partial charge in [0.2, 0.25) is 0 Å². The zero-order chi connectivity index (χ0) is 13.0. The lowest BCUT2D eigenvalue weighted by atomic mass is 9.80. The van der Waals surface area contributed by atoms with E-state index < -0.39 is 0 Å². The quantitative estimate of drug-likeness (QED) is 0.789. The summed E-state index contributed by atoms with van der Waals surface area (Å²) in [6, 6.07) is 0.700. The SMILES string of the molecule is CN(CC1CCCN1C)CC1(CO)CCOCC1. The fraction of sp³-hybridized carbons (Fsp3) is 1.00. The van der Waals surface area contributed by atoms with Crippen LogP contribution in [0.25, 0.3) is 0 Å². The lowest BCUT2D eigenvalue weighted by molar-refractivity contribution is -0.0326. The maximum Gasteiger partial charge on any atom is 0.0501 e. The second-order valence-electron chi connectivity index (χ2n) is 6.24. The molecule has 0 aliphatic carbocycles. The molecule has 2 rings (SSSR count). The molecule has 0 aromatic rings. The lowest BCUT2D eigenvalue weighted by Crippen LogP contribution is -2.46. The van der Waals surface area contributed by atoms with Gasteiger partial charge in [0.05, 0.1) is 6.61 Å². The third-order valence-electron chi connectivity index (χ3n) is 4.69. The molecule has 0 bridgehead atoms. The molecular formula is C14H28N2O2. The van der Waals surface area contributed by atoms with E-state index >= 15 is 0 Å². The van der Waals surface area contributed by atoms with Crippen LogP contribution in [0.4, 0.5) is 0 Å². The lowest BCUT2D eigenvalue weighted by Gasteiger charge is -2.39. The Morgan fingerprint density at radius 2 is 2.11 bits per heavy atom. The van der Waals surface area contributed by atoms with E-state index in [1.54, 1.807) is 0 Å². The van der Waals surface area contributed by atoms with Crippen molar-refractivity contribution < 1.29 is 9.84 Å². The number of aliphatic hydroxyl groups excluding tert-OH is 1. The molecule has 2 fully saturated rings. The summed E-state index contributed by atoms with van der Waals surface area (Å²) in [5.74, 6) is 0. The van der Waals surface area contributed by atoms with Crippen molar-refractivity contribution in [1.82, 2.24) is 9.80 Å². The standard InChI is InChI=1S/C14H28N2O2/c1-15(10-13-4-3-7-16(13)2)11-14(12-17)5-8-18-9-6-14/h13,17H,3-12H2,1-2H3. The van der Waals surface area contributed by atoms with Crippen LogP contribution in [-0.2, 0) is 4.74 Å². The van der Waals surface area contributed by atoms with Gasteiger partial charge >= 0.3 is 0 Å². The predicted octanol–water partition coefficient (Wildman–Crippen LogP) is 0.802. The maximum atomic E-state index is 9.71. The molecule has 106 valence electrons. The average Bonchev–Trinajstić information content (AvgIpc) is 2.76. The Labute approximate surface area is 111 Å². The normalized spacial score (nSPS) is 29.0. The minimum atomic E-state index is 0.0736. The summed E-state index contributed by atoms with van der Waals surface area (Å²) in [4.78, 5) is 4.88. The summed E-state index contributed by atoms with van der Waals surface area (Å²) >= 11 is 0. The van der Waals surface area contributed by atoms with Gasteiger partial charge in [-0.2, -0.15) is 0 Å². The Hall–Kier alpha value is -0.160. The molecule has 1 unspecified atom stereocenters. The van der Waals surface area contributed by atoms with Crippen LogP contribution in [-0.4, -0.2) is 74.5 Å². The zero-order valence-corrected chi connectivity index (χ0v) is 11.9. The third kappa shape index (κ3) is 3.44. The minimum absolute atomic E-state index is 0.0736. The van der Waals surface area contributed by atoms with Crippen molar-refractivity contribution in [2.45, 2.75) is 31.7 Å². The second-order valence-corrected chi connectivity index (χ2v) is 6.24. The smallest absolute Gasteiger partial charge is 0.0501 e. The van der Waals surface area contributed by atoms with Crippen LogP contribution >= 0.6 is 0 Å². The molecule has 0 aromatic heterocycles. The summed E-state index contributed by atoms with van der Waals surface area (Å²) in [5, 5.41) is 9.71. The van der Waals surface area contributed by atoms with E-state index in [9.17, 15) is 5.11 Å². The van der Waals surface area contributed by atoms with E-state index in [1.165, 1.54) is 19.4 Å². The molecule has 0 spiro atoms. The van der Waals surface area contributed by atoms with Gasteiger partial charge in [0.1, 0.15) is 0 Å². The maximum absolute atomic E-state index is 9.71. The van der Waals surface area contributed by atoms with E-state index in [0.717, 1.165) is 39.1 Å². The van der Waals surface area contributed by atoms with Crippen molar-refractivity contribution in [3.8, 4) is 0 Å². The van der Waals surface area contributed by atoms with Gasteiger partial charge in [-0.15, -0.1) is 0 Å². The molecule has 4 nitrogen and oxygen atoms in total. The minimum Gasteiger partial charge on any atom is -0.396 e. The van der Waals surface area contributed by atoms with Crippen LogP contribution in [0.3, 0.4) is 0 Å². The van der Waals surface area contributed by atoms with Crippen molar-refractivity contribution in [2.24, 2.45) is 5.41 Å². The first kappa shape index (κ1) is 14.3. The molecule has 0 amide bonds. The summed E-state index contributed by atoms with van der Waals surface area (Å²) < 4.78 is 5.42. The van der Waals surface area contributed by atoms with Gasteiger partial charge in [0, 0.05) is 37.8 Å². The first-order chi connectivity index (χ1) is 8.65. The van der Waals surface area contributed by atoms with E-state index in [-0.39, 0.29) is 5.41 Å². The number of nitrogens with zero attached hydrogens (tertiary/aromatic N) is 2. The Bertz CT molecular complexity index is 254. The molecule has 2 aliphatic rings. The van der Waals surface area contributed by atoms with Gasteiger partial charge in [0.25, 0.3) is 0 Å². The van der Waals surface area contributed by atoms with Gasteiger partial charge in [-0.25, -0.2) is 0 Å². The highest BCUT2D eigenvalue weighted by Gasteiger charge is 2.34. The number of hydrogen-bond acceptors (Lipinski definition) is 4. The van der Waals surface area contributed by atoms with Gasteiger partial charge in [0.15, 0.2) is 0 Å². The van der Waals surface area contributed by atoms with Crippen LogP contribution in [0.1, 0.15) is 25.7 Å². The van der Waals surface area contributed by atoms with Crippen molar-refractivity contribution in [3.63, 3.8) is 0 Å². The highest BCUT2D eigenvalue weighted by atomic mass is 16.5. The van der Waals surface area contributed by atoms with Crippen LogP contribution in [0.15, 0.2) is 0 Å². The molecule has 0 radical (unpaired) electrons. The van der Waals surface area contributed by atoms with Crippen LogP contribution in [0.2, 0.25) is 0 Å². The number of ether oxygens (including phenoxy) is 1. The summed E-state index contributed by atoms with van der Waals surface area (Å²) in [6.45, 7) is 5.25. The summed E-state index contributed by atoms with van der Waals surface area (Å²) in [5.41, 5.74) is 0.0736. The molecule has 0 saturated carbocycles. The Morgan fingerprint density at radius 3 is 2.67 bits per heavy atom. The fourth-order valence-corrected chi connectivity index (χ4v) is 3.38. The number of aliphatic hydroxyl groups is 1. The zero-order valence-electron chi connectivity index (χ0n) is 11.9. The largest absolute Gasteiger partial charge is 0.396 e. The van der Waals surface area contributed by atoms with Crippen LogP contribution < -0.4 is 0 Å². The van der Waals surface area contributed by atoms with Gasteiger partial charge in [-0.3, -0.25) is 0 Å². The van der Waals surface area contributed by atoms with Crippen molar-refractivity contribution in [2.75, 3.05) is 53.6 Å². The van der Waals surface area contributed by atoms with Crippen LogP contribution in [0.5, 0.6) is 0 Å². The molecule has 2 saturated heterocycles. The molecule has 1 atom stereocenters. The van der Waals surface area contributed by atoms with Gasteiger partial charge in [-0.1, -0.05) is 0 Å². The summed E-state index contributed by atoms with van der Waals surface area (Å²) in [6.07, 6.45) is 4.63. The molecular weight excluding hydrogens is 228 g/mol. The first-order valence-corrected chi connectivity index (χ1v) is 7.23. The first-order valence-electron chi connectivity index (χ1n) is 7.23. The van der Waals surface area contributed by atoms with E-state index in [1.807, 2.05) is 0 Å². The predicted molar refractivity (Wildman–Crippen MR) is 72.7 cm³/mol. The third-order valence-corrected chi connectivity index (χ3v) is 4.69. The van der Waals surface area contributed by atoms with E-state index in [4.69, 9.17) is 4.74 Å².